The number of morpholine rings is 1. The number of nitrogens with one attached hydrogen (secondary N) is 2. The van der Waals surface area contributed by atoms with Gasteiger partial charge in [0, 0.05) is 12.1 Å². The number of rotatable bonds is 7. The molecule has 1 aliphatic rings. The highest BCUT2D eigenvalue weighted by molar-refractivity contribution is 5.93. The molecular formula is C16H27N3O2+2. The molecule has 0 spiro atoms. The number of anilines is 1. The van der Waals surface area contributed by atoms with Gasteiger partial charge in [0.2, 0.25) is 0 Å². The molecule has 1 amide bonds. The molecule has 0 unspecified atom stereocenters. The summed E-state index contributed by atoms with van der Waals surface area (Å²) in [5.74, 6) is 0.0694. The van der Waals surface area contributed by atoms with Crippen LogP contribution in [-0.2, 0) is 9.53 Å². The standard InChI is InChI=1S/C16H25N3O2/c1-14(16(20)18-15-6-3-2-4-7-15)17-8-5-9-19-10-12-21-13-11-19/h2-4,6-7,14,17H,5,8-13H2,1H3,(H,18,20)/p+2/t14-/m0/s1. The number of quaternary nitrogens is 2. The van der Waals surface area contributed by atoms with Crippen molar-refractivity contribution in [3.8, 4) is 0 Å². The van der Waals surface area contributed by atoms with E-state index in [4.69, 9.17) is 4.74 Å². The zero-order chi connectivity index (χ0) is 14.9. The van der Waals surface area contributed by atoms with E-state index in [2.05, 4.69) is 10.6 Å². The van der Waals surface area contributed by atoms with Crippen LogP contribution in [0.15, 0.2) is 30.3 Å². The third-order valence-corrected chi connectivity index (χ3v) is 3.91. The highest BCUT2D eigenvalue weighted by Crippen LogP contribution is 2.04. The molecule has 4 N–H and O–H groups in total. The van der Waals surface area contributed by atoms with Crippen LogP contribution in [-0.4, -0.2) is 51.3 Å². The van der Waals surface area contributed by atoms with E-state index in [0.29, 0.717) is 0 Å². The number of hydrogen-bond acceptors (Lipinski definition) is 2. The summed E-state index contributed by atoms with van der Waals surface area (Å²) in [6.45, 7) is 8.12. The maximum Gasteiger partial charge on any atom is 0.282 e. The first kappa shape index (κ1) is 15.9. The van der Waals surface area contributed by atoms with E-state index in [1.165, 1.54) is 6.54 Å². The van der Waals surface area contributed by atoms with Gasteiger partial charge in [-0.1, -0.05) is 18.2 Å². The van der Waals surface area contributed by atoms with E-state index in [1.807, 2.05) is 37.3 Å². The Bertz CT molecular complexity index is 419. The van der Waals surface area contributed by atoms with Gasteiger partial charge in [0.25, 0.3) is 5.91 Å². The summed E-state index contributed by atoms with van der Waals surface area (Å²) in [5.41, 5.74) is 0.862. The Morgan fingerprint density at radius 1 is 1.33 bits per heavy atom. The van der Waals surface area contributed by atoms with Crippen molar-refractivity contribution >= 4 is 11.6 Å². The van der Waals surface area contributed by atoms with E-state index < -0.39 is 0 Å². The smallest absolute Gasteiger partial charge is 0.282 e. The Kier molecular flexibility index (Phi) is 6.66. The van der Waals surface area contributed by atoms with E-state index >= 15 is 0 Å². The van der Waals surface area contributed by atoms with Crippen LogP contribution >= 0.6 is 0 Å². The fraction of sp³-hybridized carbons (Fsp3) is 0.562. The molecule has 1 fully saturated rings. The zero-order valence-electron chi connectivity index (χ0n) is 12.8. The Labute approximate surface area is 126 Å². The first-order chi connectivity index (χ1) is 10.3. The molecule has 0 radical (unpaired) electrons. The van der Waals surface area contributed by atoms with Crippen LogP contribution in [0.1, 0.15) is 13.3 Å². The molecule has 2 rings (SSSR count). The molecular weight excluding hydrogens is 266 g/mol. The second-order valence-electron chi connectivity index (χ2n) is 5.63. The molecule has 0 bridgehead atoms. The van der Waals surface area contributed by atoms with Gasteiger partial charge >= 0.3 is 0 Å². The topological polar surface area (TPSA) is 59.4 Å². The number of para-hydroxylation sites is 1. The summed E-state index contributed by atoms with van der Waals surface area (Å²) in [6.07, 6.45) is 1.14. The Morgan fingerprint density at radius 2 is 2.05 bits per heavy atom. The first-order valence-corrected chi connectivity index (χ1v) is 7.86. The van der Waals surface area contributed by atoms with E-state index in [-0.39, 0.29) is 11.9 Å². The molecule has 116 valence electrons. The molecule has 5 nitrogen and oxygen atoms in total. The second-order valence-corrected chi connectivity index (χ2v) is 5.63. The van der Waals surface area contributed by atoms with E-state index in [0.717, 1.165) is 45.0 Å². The van der Waals surface area contributed by atoms with Crippen molar-refractivity contribution < 1.29 is 19.7 Å². The lowest BCUT2D eigenvalue weighted by molar-refractivity contribution is -0.909. The van der Waals surface area contributed by atoms with Crippen molar-refractivity contribution in [3.63, 3.8) is 0 Å². The number of carbonyl (C=O) groups is 1. The van der Waals surface area contributed by atoms with Crippen molar-refractivity contribution in [2.24, 2.45) is 0 Å². The molecule has 1 aliphatic heterocycles. The molecule has 1 atom stereocenters. The molecule has 0 saturated carbocycles. The summed E-state index contributed by atoms with van der Waals surface area (Å²) in [5, 5.41) is 5.06. The Morgan fingerprint density at radius 3 is 2.76 bits per heavy atom. The average Bonchev–Trinajstić information content (AvgIpc) is 2.53. The fourth-order valence-electron chi connectivity index (χ4n) is 2.51. The lowest BCUT2D eigenvalue weighted by Gasteiger charge is -2.23. The lowest BCUT2D eigenvalue weighted by atomic mass is 10.2. The predicted molar refractivity (Wildman–Crippen MR) is 82.3 cm³/mol. The van der Waals surface area contributed by atoms with E-state index in [1.54, 1.807) is 4.90 Å². The van der Waals surface area contributed by atoms with Crippen molar-refractivity contribution in [3.05, 3.63) is 30.3 Å². The number of nitrogens with two attached hydrogens (primary N) is 1. The van der Waals surface area contributed by atoms with Crippen LogP contribution in [0.4, 0.5) is 5.69 Å². The maximum atomic E-state index is 12.0. The number of benzene rings is 1. The van der Waals surface area contributed by atoms with Gasteiger partial charge < -0.3 is 20.3 Å². The monoisotopic (exact) mass is 293 g/mol. The van der Waals surface area contributed by atoms with Crippen LogP contribution in [0.2, 0.25) is 0 Å². The predicted octanol–water partition coefficient (Wildman–Crippen LogP) is -1.12. The summed E-state index contributed by atoms with van der Waals surface area (Å²) in [7, 11) is 0. The molecule has 5 heteroatoms. The Hall–Kier alpha value is -1.43. The minimum atomic E-state index is -0.0510. The van der Waals surface area contributed by atoms with Gasteiger partial charge in [0.1, 0.15) is 13.1 Å². The van der Waals surface area contributed by atoms with Crippen LogP contribution in [0.5, 0.6) is 0 Å². The molecule has 0 aromatic heterocycles. The van der Waals surface area contributed by atoms with Crippen LogP contribution in [0.3, 0.4) is 0 Å². The normalized spacial score (nSPS) is 17.4. The lowest BCUT2D eigenvalue weighted by Crippen LogP contribution is -3.14. The quantitative estimate of drug-likeness (QED) is 0.558. The SMILES string of the molecule is C[C@H]([NH2+]CCC[NH+]1CCOCC1)C(=O)Nc1ccccc1. The number of hydrogen-bond donors (Lipinski definition) is 3. The van der Waals surface area contributed by atoms with Crippen molar-refractivity contribution in [1.82, 2.24) is 0 Å². The first-order valence-electron chi connectivity index (χ1n) is 7.86. The van der Waals surface area contributed by atoms with Gasteiger partial charge in [-0.3, -0.25) is 4.79 Å². The van der Waals surface area contributed by atoms with Gasteiger partial charge in [-0.15, -0.1) is 0 Å². The molecule has 1 aromatic rings. The number of carbonyl (C=O) groups excluding carboxylic acids is 1. The van der Waals surface area contributed by atoms with Gasteiger partial charge in [0.15, 0.2) is 6.04 Å². The fourth-order valence-corrected chi connectivity index (χ4v) is 2.51. The molecule has 21 heavy (non-hydrogen) atoms. The summed E-state index contributed by atoms with van der Waals surface area (Å²) >= 11 is 0. The van der Waals surface area contributed by atoms with Crippen LogP contribution in [0.25, 0.3) is 0 Å². The van der Waals surface area contributed by atoms with Gasteiger partial charge in [0.05, 0.1) is 26.3 Å². The molecule has 0 aliphatic carbocycles. The molecule has 1 aromatic carbocycles. The van der Waals surface area contributed by atoms with Gasteiger partial charge in [-0.25, -0.2) is 0 Å². The van der Waals surface area contributed by atoms with Gasteiger partial charge in [-0.05, 0) is 19.1 Å². The minimum absolute atomic E-state index is 0.0510. The third kappa shape index (κ3) is 5.83. The zero-order valence-corrected chi connectivity index (χ0v) is 12.8. The largest absolute Gasteiger partial charge is 0.370 e. The van der Waals surface area contributed by atoms with Crippen molar-refractivity contribution in [2.45, 2.75) is 19.4 Å². The van der Waals surface area contributed by atoms with E-state index in [9.17, 15) is 4.79 Å². The number of ether oxygens (including phenoxy) is 1. The molecule has 1 heterocycles. The van der Waals surface area contributed by atoms with Crippen molar-refractivity contribution in [2.75, 3.05) is 44.7 Å². The summed E-state index contributed by atoms with van der Waals surface area (Å²) in [4.78, 5) is 13.7. The Balaban J connectivity index is 1.60. The summed E-state index contributed by atoms with van der Waals surface area (Å²) in [6, 6.07) is 9.56. The van der Waals surface area contributed by atoms with Crippen molar-refractivity contribution in [1.29, 1.82) is 0 Å². The van der Waals surface area contributed by atoms with Gasteiger partial charge in [-0.2, -0.15) is 0 Å². The highest BCUT2D eigenvalue weighted by Gasteiger charge is 2.17. The second kappa shape index (κ2) is 8.77. The average molecular weight is 293 g/mol. The highest BCUT2D eigenvalue weighted by atomic mass is 16.5. The third-order valence-electron chi connectivity index (χ3n) is 3.91. The number of amides is 1. The minimum Gasteiger partial charge on any atom is -0.370 e. The summed E-state index contributed by atoms with van der Waals surface area (Å²) < 4.78 is 5.35. The molecule has 1 saturated heterocycles. The van der Waals surface area contributed by atoms with Crippen LogP contribution in [0, 0.1) is 0 Å². The van der Waals surface area contributed by atoms with Crippen LogP contribution < -0.4 is 15.5 Å². The maximum absolute atomic E-state index is 12.0.